The highest BCUT2D eigenvalue weighted by atomic mass is 32.2. The highest BCUT2D eigenvalue weighted by Gasteiger charge is 2.29. The molecule has 0 N–H and O–H groups in total. The van der Waals surface area contributed by atoms with Gasteiger partial charge in [0.25, 0.3) is 5.78 Å². The van der Waals surface area contributed by atoms with E-state index >= 15 is 0 Å². The number of thioether (sulfide) groups is 1. The zero-order chi connectivity index (χ0) is 21.4. The minimum Gasteiger partial charge on any atom is -0.497 e. The molecular weight excluding hydrogens is 408 g/mol. The lowest BCUT2D eigenvalue weighted by molar-refractivity contribution is 0.0962. The largest absolute Gasteiger partial charge is 0.497 e. The van der Waals surface area contributed by atoms with Gasteiger partial charge in [0.05, 0.1) is 18.4 Å². The molecule has 2 aromatic carbocycles. The van der Waals surface area contributed by atoms with Crippen LogP contribution in [0, 0.1) is 6.92 Å². The van der Waals surface area contributed by atoms with Crippen molar-refractivity contribution in [2.24, 2.45) is 0 Å². The summed E-state index contributed by atoms with van der Waals surface area (Å²) in [5.74, 6) is 2.33. The molecule has 7 heteroatoms. The molecule has 1 atom stereocenters. The van der Waals surface area contributed by atoms with Gasteiger partial charge in [-0.1, -0.05) is 53.7 Å². The number of Topliss-reactive ketones (excluding diaryl/α,β-unsaturated/α-hetero) is 1. The first-order chi connectivity index (χ1) is 15.1. The summed E-state index contributed by atoms with van der Waals surface area (Å²) in [7, 11) is 1.65. The second-order valence-corrected chi connectivity index (χ2v) is 8.74. The average Bonchev–Trinajstić information content (AvgIpc) is 3.22. The molecule has 0 saturated carbocycles. The number of fused-ring (bicyclic) bond motifs is 3. The van der Waals surface area contributed by atoms with E-state index in [2.05, 4.69) is 46.3 Å². The Morgan fingerprint density at radius 2 is 1.87 bits per heavy atom. The number of hydrogen-bond donors (Lipinski definition) is 0. The number of methoxy groups -OCH3 is 1. The standard InChI is InChI=1S/C24H22N4O2S/c1-15-3-5-16(6-4-15)14-31-24-26-23-25-13-20-21(28(23)27-24)11-18(12-22(20)29)17-7-9-19(30-2)10-8-17/h3-10,13,18H,11-12,14H2,1-2H3. The Balaban J connectivity index is 1.42. The molecule has 0 amide bonds. The number of hydrogen-bond acceptors (Lipinski definition) is 6. The molecule has 2 heterocycles. The summed E-state index contributed by atoms with van der Waals surface area (Å²) in [5.41, 5.74) is 5.12. The van der Waals surface area contributed by atoms with Crippen LogP contribution in [0.25, 0.3) is 5.78 Å². The third kappa shape index (κ3) is 3.93. The predicted octanol–water partition coefficient (Wildman–Crippen LogP) is 4.65. The lowest BCUT2D eigenvalue weighted by Gasteiger charge is -2.24. The van der Waals surface area contributed by atoms with Crippen molar-refractivity contribution >= 4 is 23.3 Å². The summed E-state index contributed by atoms with van der Waals surface area (Å²) in [6.45, 7) is 2.08. The van der Waals surface area contributed by atoms with Gasteiger partial charge in [0.15, 0.2) is 5.78 Å². The number of benzene rings is 2. The summed E-state index contributed by atoms with van der Waals surface area (Å²) >= 11 is 1.58. The third-order valence-electron chi connectivity index (χ3n) is 5.69. The Kier molecular flexibility index (Phi) is 5.19. The van der Waals surface area contributed by atoms with Crippen LogP contribution in [0.3, 0.4) is 0 Å². The highest BCUT2D eigenvalue weighted by molar-refractivity contribution is 7.98. The van der Waals surface area contributed by atoms with Crippen molar-refractivity contribution in [1.29, 1.82) is 0 Å². The van der Waals surface area contributed by atoms with Gasteiger partial charge in [-0.15, -0.1) is 5.10 Å². The van der Waals surface area contributed by atoms with Crippen LogP contribution in [0.4, 0.5) is 0 Å². The lowest BCUT2D eigenvalue weighted by atomic mass is 9.82. The van der Waals surface area contributed by atoms with E-state index in [-0.39, 0.29) is 11.7 Å². The topological polar surface area (TPSA) is 69.4 Å². The van der Waals surface area contributed by atoms with Gasteiger partial charge >= 0.3 is 0 Å². The Bertz CT molecular complexity index is 1250. The number of aryl methyl sites for hydroxylation is 1. The molecular formula is C24H22N4O2S. The molecule has 0 saturated heterocycles. The van der Waals surface area contributed by atoms with Crippen molar-refractivity contribution in [3.8, 4) is 5.75 Å². The van der Waals surface area contributed by atoms with Crippen molar-refractivity contribution in [1.82, 2.24) is 19.6 Å². The lowest BCUT2D eigenvalue weighted by Crippen LogP contribution is -2.22. The van der Waals surface area contributed by atoms with E-state index in [1.807, 2.05) is 24.3 Å². The van der Waals surface area contributed by atoms with Gasteiger partial charge in [0, 0.05) is 18.4 Å². The number of aromatic nitrogens is 4. The fraction of sp³-hybridized carbons (Fsp3) is 0.250. The van der Waals surface area contributed by atoms with E-state index < -0.39 is 0 Å². The fourth-order valence-electron chi connectivity index (χ4n) is 3.93. The SMILES string of the molecule is COc1ccc(C2CC(=O)c3cnc4nc(SCc5ccc(C)cc5)nn4c3C2)cc1. The molecule has 0 fully saturated rings. The van der Waals surface area contributed by atoms with E-state index in [0.29, 0.717) is 22.9 Å². The minimum atomic E-state index is 0.0980. The van der Waals surface area contributed by atoms with Gasteiger partial charge < -0.3 is 4.74 Å². The Morgan fingerprint density at radius 3 is 2.61 bits per heavy atom. The number of carbonyl (C=O) groups excluding carboxylic acids is 1. The summed E-state index contributed by atoms with van der Waals surface area (Å²) in [6, 6.07) is 16.4. The molecule has 0 radical (unpaired) electrons. The van der Waals surface area contributed by atoms with Crippen LogP contribution in [-0.2, 0) is 12.2 Å². The van der Waals surface area contributed by atoms with E-state index in [1.54, 1.807) is 29.6 Å². The van der Waals surface area contributed by atoms with E-state index in [4.69, 9.17) is 4.74 Å². The monoisotopic (exact) mass is 430 g/mol. The number of ketones is 1. The molecule has 6 nitrogen and oxygen atoms in total. The summed E-state index contributed by atoms with van der Waals surface area (Å²) in [4.78, 5) is 21.8. The molecule has 1 aliphatic rings. The first-order valence-electron chi connectivity index (χ1n) is 10.2. The zero-order valence-corrected chi connectivity index (χ0v) is 18.2. The zero-order valence-electron chi connectivity index (χ0n) is 17.4. The van der Waals surface area contributed by atoms with Crippen LogP contribution in [-0.4, -0.2) is 32.5 Å². The molecule has 2 aromatic heterocycles. The number of nitrogens with zero attached hydrogens (tertiary/aromatic N) is 4. The van der Waals surface area contributed by atoms with E-state index in [0.717, 1.165) is 29.2 Å². The van der Waals surface area contributed by atoms with Crippen molar-refractivity contribution in [3.63, 3.8) is 0 Å². The molecule has 5 rings (SSSR count). The van der Waals surface area contributed by atoms with Gasteiger partial charge in [-0.3, -0.25) is 4.79 Å². The highest BCUT2D eigenvalue weighted by Crippen LogP contribution is 2.33. The van der Waals surface area contributed by atoms with Crippen LogP contribution in [0.1, 0.15) is 45.1 Å². The Morgan fingerprint density at radius 1 is 1.10 bits per heavy atom. The second-order valence-electron chi connectivity index (χ2n) is 7.80. The molecule has 31 heavy (non-hydrogen) atoms. The number of rotatable bonds is 5. The summed E-state index contributed by atoms with van der Waals surface area (Å²) in [6.07, 6.45) is 2.84. The van der Waals surface area contributed by atoms with Gasteiger partial charge in [-0.05, 0) is 42.5 Å². The van der Waals surface area contributed by atoms with Crippen molar-refractivity contribution in [2.45, 2.75) is 36.6 Å². The molecule has 1 aliphatic carbocycles. The second kappa shape index (κ2) is 8.15. The molecule has 0 spiro atoms. The maximum Gasteiger partial charge on any atom is 0.253 e. The van der Waals surface area contributed by atoms with Gasteiger partial charge in [0.1, 0.15) is 5.75 Å². The van der Waals surface area contributed by atoms with Crippen molar-refractivity contribution in [2.75, 3.05) is 7.11 Å². The van der Waals surface area contributed by atoms with Crippen LogP contribution in [0.15, 0.2) is 59.9 Å². The first kappa shape index (κ1) is 19.8. The fourth-order valence-corrected chi connectivity index (χ4v) is 4.71. The minimum absolute atomic E-state index is 0.0980. The van der Waals surface area contributed by atoms with E-state index in [1.165, 1.54) is 11.1 Å². The predicted molar refractivity (Wildman–Crippen MR) is 120 cm³/mol. The molecule has 1 unspecified atom stereocenters. The maximum absolute atomic E-state index is 12.8. The van der Waals surface area contributed by atoms with Crippen LogP contribution >= 0.6 is 11.8 Å². The number of carbonyl (C=O) groups is 1. The van der Waals surface area contributed by atoms with Gasteiger partial charge in [-0.2, -0.15) is 9.50 Å². The molecule has 0 aliphatic heterocycles. The smallest absolute Gasteiger partial charge is 0.253 e. The molecule has 4 aromatic rings. The maximum atomic E-state index is 12.8. The van der Waals surface area contributed by atoms with Crippen molar-refractivity contribution in [3.05, 3.63) is 82.7 Å². The van der Waals surface area contributed by atoms with E-state index in [9.17, 15) is 4.79 Å². The first-order valence-corrected chi connectivity index (χ1v) is 11.2. The third-order valence-corrected chi connectivity index (χ3v) is 6.60. The molecule has 0 bridgehead atoms. The summed E-state index contributed by atoms with van der Waals surface area (Å²) in [5, 5.41) is 5.35. The summed E-state index contributed by atoms with van der Waals surface area (Å²) < 4.78 is 7.01. The van der Waals surface area contributed by atoms with Gasteiger partial charge in [0.2, 0.25) is 5.16 Å². The van der Waals surface area contributed by atoms with Crippen LogP contribution in [0.5, 0.6) is 5.75 Å². The Hall–Kier alpha value is -3.19. The quantitative estimate of drug-likeness (QED) is 0.430. The van der Waals surface area contributed by atoms with Crippen molar-refractivity contribution < 1.29 is 9.53 Å². The average molecular weight is 431 g/mol. The van der Waals surface area contributed by atoms with Crippen LogP contribution < -0.4 is 4.74 Å². The molecule has 156 valence electrons. The Labute approximate surface area is 184 Å². The van der Waals surface area contributed by atoms with Crippen LogP contribution in [0.2, 0.25) is 0 Å². The van der Waals surface area contributed by atoms with Gasteiger partial charge in [-0.25, -0.2) is 4.98 Å². The normalized spacial score (nSPS) is 15.8. The number of ether oxygens (including phenoxy) is 1.